The van der Waals surface area contributed by atoms with E-state index in [9.17, 15) is 9.18 Å². The number of halogens is 1. The molecule has 3 heteroatoms. The molecular formula is C19H21FO2. The summed E-state index contributed by atoms with van der Waals surface area (Å²) < 4.78 is 19.3. The molecule has 0 heterocycles. The topological polar surface area (TPSA) is 26.3 Å². The van der Waals surface area contributed by atoms with Crippen LogP contribution in [-0.2, 0) is 17.6 Å². The van der Waals surface area contributed by atoms with E-state index in [1.54, 1.807) is 0 Å². The molecule has 2 rings (SSSR count). The van der Waals surface area contributed by atoms with Crippen molar-refractivity contribution in [3.63, 3.8) is 0 Å². The summed E-state index contributed by atoms with van der Waals surface area (Å²) in [6, 6.07) is 11.6. The van der Waals surface area contributed by atoms with Crippen molar-refractivity contribution in [1.82, 2.24) is 0 Å². The smallest absolute Gasteiger partial charge is 0.165 e. The third kappa shape index (κ3) is 3.73. The third-order valence-electron chi connectivity index (χ3n) is 3.68. The van der Waals surface area contributed by atoms with Crippen molar-refractivity contribution >= 4 is 6.29 Å². The third-order valence-corrected chi connectivity index (χ3v) is 3.68. The summed E-state index contributed by atoms with van der Waals surface area (Å²) in [6.07, 6.45) is 3.82. The van der Waals surface area contributed by atoms with E-state index in [1.165, 1.54) is 18.7 Å². The Labute approximate surface area is 130 Å². The first-order valence-electron chi connectivity index (χ1n) is 7.59. The van der Waals surface area contributed by atoms with Crippen LogP contribution in [0.15, 0.2) is 36.4 Å². The minimum absolute atomic E-state index is 0.230. The number of carbonyl (C=O) groups is 1. The van der Waals surface area contributed by atoms with Crippen molar-refractivity contribution in [3.05, 3.63) is 53.3 Å². The maximum absolute atomic E-state index is 14.2. The lowest BCUT2D eigenvalue weighted by atomic mass is 9.98. The molecule has 0 spiro atoms. The van der Waals surface area contributed by atoms with Crippen LogP contribution in [0, 0.1) is 5.82 Å². The van der Waals surface area contributed by atoms with Crippen LogP contribution in [0.1, 0.15) is 30.9 Å². The molecule has 116 valence electrons. The van der Waals surface area contributed by atoms with Gasteiger partial charge in [0.2, 0.25) is 0 Å². The predicted octanol–water partition coefficient (Wildman–Crippen LogP) is 4.59. The normalized spacial score (nSPS) is 10.5. The van der Waals surface area contributed by atoms with Gasteiger partial charge in [-0.15, -0.1) is 0 Å². The van der Waals surface area contributed by atoms with E-state index in [4.69, 9.17) is 4.74 Å². The molecule has 0 radical (unpaired) electrons. The molecule has 0 aliphatic heterocycles. The Balaban J connectivity index is 2.37. The van der Waals surface area contributed by atoms with Crippen LogP contribution < -0.4 is 4.74 Å². The molecule has 0 atom stereocenters. The van der Waals surface area contributed by atoms with E-state index >= 15 is 0 Å². The highest BCUT2D eigenvalue weighted by atomic mass is 19.1. The summed E-state index contributed by atoms with van der Waals surface area (Å²) in [7, 11) is 1.45. The Bertz CT molecular complexity index is 633. The number of methoxy groups -OCH3 is 1. The lowest BCUT2D eigenvalue weighted by Gasteiger charge is -2.12. The molecule has 2 nitrogen and oxygen atoms in total. The van der Waals surface area contributed by atoms with Crippen molar-refractivity contribution in [1.29, 1.82) is 0 Å². The molecule has 0 aliphatic rings. The number of aryl methyl sites for hydroxylation is 2. The van der Waals surface area contributed by atoms with Gasteiger partial charge >= 0.3 is 0 Å². The Morgan fingerprint density at radius 3 is 2.41 bits per heavy atom. The van der Waals surface area contributed by atoms with Crippen LogP contribution >= 0.6 is 0 Å². The summed E-state index contributed by atoms with van der Waals surface area (Å²) in [6.45, 7) is 2.14. The highest BCUT2D eigenvalue weighted by Crippen LogP contribution is 2.31. The van der Waals surface area contributed by atoms with Gasteiger partial charge in [0.25, 0.3) is 0 Å². The first-order valence-corrected chi connectivity index (χ1v) is 7.59. The number of benzene rings is 2. The largest absolute Gasteiger partial charge is 0.493 e. The summed E-state index contributed by atoms with van der Waals surface area (Å²) >= 11 is 0. The lowest BCUT2D eigenvalue weighted by Crippen LogP contribution is -1.98. The molecule has 0 unspecified atom stereocenters. The van der Waals surface area contributed by atoms with E-state index < -0.39 is 5.82 Å². The highest BCUT2D eigenvalue weighted by molar-refractivity contribution is 5.66. The zero-order valence-corrected chi connectivity index (χ0v) is 13.1. The van der Waals surface area contributed by atoms with Crippen LogP contribution in [0.25, 0.3) is 11.1 Å². The standard InChI is InChI=1S/C19H21FO2/c1-3-5-14-7-9-15(10-8-14)17-12-16(6-4-11-21)19(22-2)18(20)13-17/h7-13H,3-6H2,1-2H3. The van der Waals surface area contributed by atoms with E-state index in [2.05, 4.69) is 19.1 Å². The van der Waals surface area contributed by atoms with Crippen LogP contribution in [0.2, 0.25) is 0 Å². The SMILES string of the molecule is CCCc1ccc(-c2cc(F)c(OC)c(CCC=O)c2)cc1. The quantitative estimate of drug-likeness (QED) is 0.699. The van der Waals surface area contributed by atoms with Crippen molar-refractivity contribution in [2.45, 2.75) is 32.6 Å². The van der Waals surface area contributed by atoms with Gasteiger partial charge < -0.3 is 9.53 Å². The Morgan fingerprint density at radius 2 is 1.82 bits per heavy atom. The number of hydrogen-bond acceptors (Lipinski definition) is 2. The van der Waals surface area contributed by atoms with Crippen LogP contribution in [-0.4, -0.2) is 13.4 Å². The van der Waals surface area contributed by atoms with E-state index in [1.807, 2.05) is 18.2 Å². The van der Waals surface area contributed by atoms with Crippen LogP contribution in [0.4, 0.5) is 4.39 Å². The van der Waals surface area contributed by atoms with Gasteiger partial charge in [0.05, 0.1) is 7.11 Å². The molecule has 0 saturated heterocycles. The zero-order valence-electron chi connectivity index (χ0n) is 13.1. The molecule has 0 aromatic heterocycles. The molecule has 0 saturated carbocycles. The summed E-state index contributed by atoms with van der Waals surface area (Å²) in [5.74, 6) is -0.160. The van der Waals surface area contributed by atoms with Crippen LogP contribution in [0.3, 0.4) is 0 Å². The molecule has 0 amide bonds. The first-order chi connectivity index (χ1) is 10.7. The van der Waals surface area contributed by atoms with Crippen molar-refractivity contribution in [2.75, 3.05) is 7.11 Å². The van der Waals surface area contributed by atoms with E-state index in [0.717, 1.165) is 35.8 Å². The molecule has 0 aliphatic carbocycles. The van der Waals surface area contributed by atoms with Gasteiger partial charge in [-0.25, -0.2) is 4.39 Å². The number of hydrogen-bond donors (Lipinski definition) is 0. The Hall–Kier alpha value is -2.16. The number of carbonyl (C=O) groups excluding carboxylic acids is 1. The Morgan fingerprint density at radius 1 is 1.09 bits per heavy atom. The monoisotopic (exact) mass is 300 g/mol. The van der Waals surface area contributed by atoms with Crippen molar-refractivity contribution in [3.8, 4) is 16.9 Å². The fraction of sp³-hybridized carbons (Fsp3) is 0.316. The van der Waals surface area contributed by atoms with Crippen LogP contribution in [0.5, 0.6) is 5.75 Å². The van der Waals surface area contributed by atoms with Gasteiger partial charge in [-0.05, 0) is 47.2 Å². The summed E-state index contributed by atoms with van der Waals surface area (Å²) in [5, 5.41) is 0. The van der Waals surface area contributed by atoms with Gasteiger partial charge in [-0.3, -0.25) is 0 Å². The molecule has 2 aromatic carbocycles. The summed E-state index contributed by atoms with van der Waals surface area (Å²) in [4.78, 5) is 10.6. The minimum Gasteiger partial charge on any atom is -0.493 e. The predicted molar refractivity (Wildman–Crippen MR) is 86.8 cm³/mol. The Kier molecular flexibility index (Phi) is 5.70. The number of ether oxygens (including phenoxy) is 1. The van der Waals surface area contributed by atoms with Gasteiger partial charge in [0.1, 0.15) is 6.29 Å². The van der Waals surface area contributed by atoms with Crippen molar-refractivity contribution < 1.29 is 13.9 Å². The molecule has 0 fully saturated rings. The van der Waals surface area contributed by atoms with Crippen molar-refractivity contribution in [2.24, 2.45) is 0 Å². The lowest BCUT2D eigenvalue weighted by molar-refractivity contribution is -0.107. The molecule has 0 bridgehead atoms. The average Bonchev–Trinajstić information content (AvgIpc) is 2.53. The molecule has 2 aromatic rings. The second kappa shape index (κ2) is 7.74. The highest BCUT2D eigenvalue weighted by Gasteiger charge is 2.12. The van der Waals surface area contributed by atoms with E-state index in [-0.39, 0.29) is 5.75 Å². The zero-order chi connectivity index (χ0) is 15.9. The van der Waals surface area contributed by atoms with E-state index in [0.29, 0.717) is 12.8 Å². The molecule has 0 N–H and O–H groups in total. The fourth-order valence-electron chi connectivity index (χ4n) is 2.60. The maximum Gasteiger partial charge on any atom is 0.165 e. The number of rotatable bonds is 7. The number of aldehydes is 1. The maximum atomic E-state index is 14.2. The summed E-state index contributed by atoms with van der Waals surface area (Å²) in [5.41, 5.74) is 3.78. The van der Waals surface area contributed by atoms with Gasteiger partial charge in [-0.2, -0.15) is 0 Å². The second-order valence-corrected chi connectivity index (χ2v) is 5.30. The fourth-order valence-corrected chi connectivity index (χ4v) is 2.60. The van der Waals surface area contributed by atoms with Gasteiger partial charge in [-0.1, -0.05) is 37.6 Å². The van der Waals surface area contributed by atoms with Gasteiger partial charge in [0, 0.05) is 6.42 Å². The average molecular weight is 300 g/mol. The second-order valence-electron chi connectivity index (χ2n) is 5.30. The molecule has 22 heavy (non-hydrogen) atoms. The first kappa shape index (κ1) is 16.2. The minimum atomic E-state index is -0.390. The van der Waals surface area contributed by atoms with Gasteiger partial charge in [0.15, 0.2) is 11.6 Å². The molecular weight excluding hydrogens is 279 g/mol.